The number of nitrogens with zero attached hydrogens (tertiary/aromatic N) is 1. The predicted molar refractivity (Wildman–Crippen MR) is 76.7 cm³/mol. The molecule has 1 atom stereocenters. The molecule has 0 aliphatic heterocycles. The molecule has 0 bridgehead atoms. The predicted octanol–water partition coefficient (Wildman–Crippen LogP) is 2.13. The van der Waals surface area contributed by atoms with Crippen LogP contribution < -0.4 is 5.32 Å². The molecule has 1 aromatic rings. The highest BCUT2D eigenvalue weighted by Gasteiger charge is 2.04. The molecule has 0 aliphatic carbocycles. The van der Waals surface area contributed by atoms with E-state index in [0.717, 1.165) is 32.8 Å². The van der Waals surface area contributed by atoms with E-state index in [1.165, 1.54) is 5.56 Å². The molecule has 0 aliphatic rings. The number of hydrogen-bond acceptors (Lipinski definition) is 3. The van der Waals surface area contributed by atoms with Crippen LogP contribution in [0.25, 0.3) is 0 Å². The second-order valence-corrected chi connectivity index (χ2v) is 4.66. The molecule has 0 radical (unpaired) electrons. The van der Waals surface area contributed by atoms with Gasteiger partial charge in [-0.3, -0.25) is 4.90 Å². The smallest absolute Gasteiger partial charge is 0.0613 e. The summed E-state index contributed by atoms with van der Waals surface area (Å²) < 4.78 is 5.11. The average molecular weight is 250 g/mol. The summed E-state index contributed by atoms with van der Waals surface area (Å²) >= 11 is 0. The van der Waals surface area contributed by atoms with Crippen LogP contribution in [0, 0.1) is 0 Å². The normalized spacial score (nSPS) is 12.9. The Kier molecular flexibility index (Phi) is 7.65. The zero-order chi connectivity index (χ0) is 13.2. The summed E-state index contributed by atoms with van der Waals surface area (Å²) in [6, 6.07) is 11.1. The van der Waals surface area contributed by atoms with Crippen LogP contribution in [0.5, 0.6) is 0 Å². The van der Waals surface area contributed by atoms with Crippen molar-refractivity contribution in [1.82, 2.24) is 10.2 Å². The van der Waals surface area contributed by atoms with Gasteiger partial charge >= 0.3 is 0 Å². The van der Waals surface area contributed by atoms with Crippen LogP contribution in [0.3, 0.4) is 0 Å². The SMILES string of the molecule is CCN(CCNC(C)COC)Cc1ccccc1. The van der Waals surface area contributed by atoms with Crippen molar-refractivity contribution in [2.75, 3.05) is 33.4 Å². The van der Waals surface area contributed by atoms with E-state index in [-0.39, 0.29) is 0 Å². The minimum absolute atomic E-state index is 0.422. The summed E-state index contributed by atoms with van der Waals surface area (Å²) in [4.78, 5) is 2.45. The third-order valence-corrected chi connectivity index (χ3v) is 3.03. The monoisotopic (exact) mass is 250 g/mol. The van der Waals surface area contributed by atoms with Crippen molar-refractivity contribution in [1.29, 1.82) is 0 Å². The summed E-state index contributed by atoms with van der Waals surface area (Å²) in [5.41, 5.74) is 1.38. The minimum Gasteiger partial charge on any atom is -0.383 e. The van der Waals surface area contributed by atoms with Gasteiger partial charge in [-0.15, -0.1) is 0 Å². The summed E-state index contributed by atoms with van der Waals surface area (Å²) in [5, 5.41) is 3.47. The molecule has 3 heteroatoms. The fraction of sp³-hybridized carbons (Fsp3) is 0.600. The standard InChI is InChI=1S/C15H26N2O/c1-4-17(11-10-16-14(2)13-18-3)12-15-8-6-5-7-9-15/h5-9,14,16H,4,10-13H2,1-3H3. The van der Waals surface area contributed by atoms with Crippen molar-refractivity contribution in [3.8, 4) is 0 Å². The Morgan fingerprint density at radius 2 is 2.00 bits per heavy atom. The van der Waals surface area contributed by atoms with E-state index in [2.05, 4.69) is 54.4 Å². The number of rotatable bonds is 9. The Bertz CT molecular complexity index is 303. The van der Waals surface area contributed by atoms with Crippen LogP contribution in [-0.2, 0) is 11.3 Å². The lowest BCUT2D eigenvalue weighted by atomic mass is 10.2. The fourth-order valence-electron chi connectivity index (χ4n) is 1.97. The molecular formula is C15H26N2O. The second-order valence-electron chi connectivity index (χ2n) is 4.66. The first kappa shape index (κ1) is 15.2. The summed E-state index contributed by atoms with van der Waals surface area (Å²) in [6.07, 6.45) is 0. The van der Waals surface area contributed by atoms with E-state index in [9.17, 15) is 0 Å². The molecular weight excluding hydrogens is 224 g/mol. The fourth-order valence-corrected chi connectivity index (χ4v) is 1.97. The molecule has 1 unspecified atom stereocenters. The summed E-state index contributed by atoms with van der Waals surface area (Å²) in [5.74, 6) is 0. The van der Waals surface area contributed by atoms with Gasteiger partial charge < -0.3 is 10.1 Å². The lowest BCUT2D eigenvalue weighted by Crippen LogP contribution is -2.37. The molecule has 18 heavy (non-hydrogen) atoms. The zero-order valence-corrected chi connectivity index (χ0v) is 11.9. The van der Waals surface area contributed by atoms with E-state index in [1.54, 1.807) is 7.11 Å². The maximum absolute atomic E-state index is 5.11. The highest BCUT2D eigenvalue weighted by atomic mass is 16.5. The van der Waals surface area contributed by atoms with E-state index in [0.29, 0.717) is 6.04 Å². The number of ether oxygens (including phenoxy) is 1. The van der Waals surface area contributed by atoms with Gasteiger partial charge in [-0.2, -0.15) is 0 Å². The molecule has 1 aromatic carbocycles. The third kappa shape index (κ3) is 6.15. The number of methoxy groups -OCH3 is 1. The van der Waals surface area contributed by atoms with Gasteiger partial charge in [0.2, 0.25) is 0 Å². The molecule has 0 saturated heterocycles. The van der Waals surface area contributed by atoms with Crippen molar-refractivity contribution in [3.63, 3.8) is 0 Å². The quantitative estimate of drug-likeness (QED) is 0.726. The Morgan fingerprint density at radius 1 is 1.28 bits per heavy atom. The largest absolute Gasteiger partial charge is 0.383 e. The van der Waals surface area contributed by atoms with Gasteiger partial charge in [0.15, 0.2) is 0 Å². The van der Waals surface area contributed by atoms with Crippen LogP contribution in [0.15, 0.2) is 30.3 Å². The van der Waals surface area contributed by atoms with Crippen LogP contribution in [-0.4, -0.2) is 44.3 Å². The number of nitrogens with one attached hydrogen (secondary N) is 1. The summed E-state index contributed by atoms with van der Waals surface area (Å²) in [6.45, 7) is 9.31. The molecule has 0 amide bonds. The van der Waals surface area contributed by atoms with Gasteiger partial charge in [0.05, 0.1) is 6.61 Å². The third-order valence-electron chi connectivity index (χ3n) is 3.03. The van der Waals surface area contributed by atoms with E-state index in [4.69, 9.17) is 4.74 Å². The average Bonchev–Trinajstić information content (AvgIpc) is 2.39. The molecule has 0 aromatic heterocycles. The van der Waals surface area contributed by atoms with Crippen LogP contribution in [0.2, 0.25) is 0 Å². The highest BCUT2D eigenvalue weighted by Crippen LogP contribution is 2.03. The van der Waals surface area contributed by atoms with Gasteiger partial charge in [-0.05, 0) is 19.0 Å². The lowest BCUT2D eigenvalue weighted by molar-refractivity contribution is 0.169. The van der Waals surface area contributed by atoms with Crippen molar-refractivity contribution < 1.29 is 4.74 Å². The number of benzene rings is 1. The molecule has 3 nitrogen and oxygen atoms in total. The Labute approximate surface area is 111 Å². The molecule has 0 saturated carbocycles. The Morgan fingerprint density at radius 3 is 2.61 bits per heavy atom. The second kappa shape index (κ2) is 9.09. The van der Waals surface area contributed by atoms with E-state index < -0.39 is 0 Å². The van der Waals surface area contributed by atoms with Gasteiger partial charge in [0, 0.05) is 32.8 Å². The summed E-state index contributed by atoms with van der Waals surface area (Å²) in [7, 11) is 1.74. The highest BCUT2D eigenvalue weighted by molar-refractivity contribution is 5.14. The first-order valence-electron chi connectivity index (χ1n) is 6.74. The molecule has 102 valence electrons. The van der Waals surface area contributed by atoms with Crippen molar-refractivity contribution >= 4 is 0 Å². The first-order valence-corrected chi connectivity index (χ1v) is 6.74. The maximum Gasteiger partial charge on any atom is 0.0613 e. The topological polar surface area (TPSA) is 24.5 Å². The van der Waals surface area contributed by atoms with Gasteiger partial charge in [0.25, 0.3) is 0 Å². The lowest BCUT2D eigenvalue weighted by Gasteiger charge is -2.22. The van der Waals surface area contributed by atoms with E-state index in [1.807, 2.05) is 0 Å². The first-order chi connectivity index (χ1) is 8.76. The van der Waals surface area contributed by atoms with Crippen molar-refractivity contribution in [3.05, 3.63) is 35.9 Å². The van der Waals surface area contributed by atoms with Crippen molar-refractivity contribution in [2.45, 2.75) is 26.4 Å². The van der Waals surface area contributed by atoms with Gasteiger partial charge in [0.1, 0.15) is 0 Å². The Balaban J connectivity index is 2.25. The Hall–Kier alpha value is -0.900. The molecule has 0 fully saturated rings. The van der Waals surface area contributed by atoms with E-state index >= 15 is 0 Å². The van der Waals surface area contributed by atoms with Crippen LogP contribution in [0.4, 0.5) is 0 Å². The number of hydrogen-bond donors (Lipinski definition) is 1. The maximum atomic E-state index is 5.11. The zero-order valence-electron chi connectivity index (χ0n) is 11.9. The molecule has 0 heterocycles. The van der Waals surface area contributed by atoms with Crippen LogP contribution >= 0.6 is 0 Å². The van der Waals surface area contributed by atoms with Crippen molar-refractivity contribution in [2.24, 2.45) is 0 Å². The van der Waals surface area contributed by atoms with Gasteiger partial charge in [-0.25, -0.2) is 0 Å². The molecule has 0 spiro atoms. The number of likely N-dealkylation sites (N-methyl/N-ethyl adjacent to an activating group) is 1. The van der Waals surface area contributed by atoms with Crippen LogP contribution in [0.1, 0.15) is 19.4 Å². The molecule has 1 rings (SSSR count). The minimum atomic E-state index is 0.422. The van der Waals surface area contributed by atoms with Gasteiger partial charge in [-0.1, -0.05) is 37.3 Å². The molecule has 1 N–H and O–H groups in total.